The average molecular weight is 196 g/mol. The molecular weight excluding hydrogens is 182 g/mol. The predicted molar refractivity (Wildman–Crippen MR) is 43.2 cm³/mol. The maximum atomic E-state index is 5.36. The van der Waals surface area contributed by atoms with E-state index in [0.29, 0.717) is 6.10 Å². The molecule has 1 saturated heterocycles. The molecular formula is C6H14BrNO. The van der Waals surface area contributed by atoms with Crippen molar-refractivity contribution in [2.45, 2.75) is 19.4 Å². The molecule has 2 nitrogen and oxygen atoms in total. The van der Waals surface area contributed by atoms with E-state index in [1.165, 1.54) is 0 Å². The smallest absolute Gasteiger partial charge is 0.0697 e. The van der Waals surface area contributed by atoms with Crippen LogP contribution >= 0.6 is 17.0 Å². The van der Waals surface area contributed by atoms with Crippen LogP contribution in [0.5, 0.6) is 0 Å². The van der Waals surface area contributed by atoms with Crippen LogP contribution in [0.4, 0.5) is 0 Å². The normalized spacial score (nSPS) is 27.0. The molecule has 0 saturated carbocycles. The number of hydrogen-bond donors (Lipinski definition) is 1. The Bertz CT molecular complexity index is 64.1. The molecule has 0 aromatic heterocycles. The van der Waals surface area contributed by atoms with Gasteiger partial charge >= 0.3 is 0 Å². The van der Waals surface area contributed by atoms with Gasteiger partial charge in [0.15, 0.2) is 0 Å². The summed E-state index contributed by atoms with van der Waals surface area (Å²) in [5, 5.41) is 3.26. The van der Waals surface area contributed by atoms with Crippen LogP contribution in [0.3, 0.4) is 0 Å². The molecule has 0 aliphatic carbocycles. The summed E-state index contributed by atoms with van der Waals surface area (Å²) in [7, 11) is 0. The minimum atomic E-state index is 0. The van der Waals surface area contributed by atoms with E-state index < -0.39 is 0 Å². The van der Waals surface area contributed by atoms with Gasteiger partial charge in [0.05, 0.1) is 12.7 Å². The van der Waals surface area contributed by atoms with Crippen molar-refractivity contribution < 1.29 is 4.74 Å². The highest BCUT2D eigenvalue weighted by Gasteiger charge is 2.08. The molecule has 3 heteroatoms. The van der Waals surface area contributed by atoms with E-state index in [1.54, 1.807) is 0 Å². The van der Waals surface area contributed by atoms with Gasteiger partial charge in [-0.2, -0.15) is 0 Å². The maximum Gasteiger partial charge on any atom is 0.0697 e. The van der Waals surface area contributed by atoms with E-state index in [1.807, 2.05) is 0 Å². The first kappa shape index (κ1) is 9.40. The van der Waals surface area contributed by atoms with E-state index in [4.69, 9.17) is 4.74 Å². The molecule has 56 valence electrons. The highest BCUT2D eigenvalue weighted by atomic mass is 79.9. The Balaban J connectivity index is 0.000000640. The molecule has 9 heavy (non-hydrogen) atoms. The van der Waals surface area contributed by atoms with Crippen LogP contribution in [0, 0.1) is 0 Å². The summed E-state index contributed by atoms with van der Waals surface area (Å²) in [6.07, 6.45) is 1.61. The molecule has 0 aromatic carbocycles. The van der Waals surface area contributed by atoms with Crippen molar-refractivity contribution in [1.29, 1.82) is 0 Å². The first-order chi connectivity index (χ1) is 3.93. The summed E-state index contributed by atoms with van der Waals surface area (Å²) in [4.78, 5) is 0. The van der Waals surface area contributed by atoms with Crippen molar-refractivity contribution in [3.05, 3.63) is 0 Å². The third kappa shape index (κ3) is 3.18. The lowest BCUT2D eigenvalue weighted by Crippen LogP contribution is -2.37. The third-order valence-corrected chi connectivity index (χ3v) is 1.46. The summed E-state index contributed by atoms with van der Waals surface area (Å²) in [6.45, 7) is 5.10. The van der Waals surface area contributed by atoms with Gasteiger partial charge in [0.2, 0.25) is 0 Å². The summed E-state index contributed by atoms with van der Waals surface area (Å²) in [6, 6.07) is 0. The minimum absolute atomic E-state index is 0. The summed E-state index contributed by atoms with van der Waals surface area (Å²) < 4.78 is 5.36. The van der Waals surface area contributed by atoms with Crippen LogP contribution in [0.1, 0.15) is 13.3 Å². The van der Waals surface area contributed by atoms with Crippen LogP contribution in [-0.2, 0) is 4.74 Å². The van der Waals surface area contributed by atoms with E-state index in [2.05, 4.69) is 12.2 Å². The van der Waals surface area contributed by atoms with Gasteiger partial charge in [0, 0.05) is 13.1 Å². The van der Waals surface area contributed by atoms with Crippen molar-refractivity contribution in [3.8, 4) is 0 Å². The zero-order valence-electron chi connectivity index (χ0n) is 5.72. The fourth-order valence-corrected chi connectivity index (χ4v) is 0.882. The largest absolute Gasteiger partial charge is 0.376 e. The first-order valence-corrected chi connectivity index (χ1v) is 3.26. The SMILES string of the molecule is Br.CCC1CNCCO1. The summed E-state index contributed by atoms with van der Waals surface area (Å²) in [5.41, 5.74) is 0. The Labute approximate surface area is 66.7 Å². The molecule has 0 spiro atoms. The number of halogens is 1. The molecule has 1 aliphatic rings. The molecule has 0 amide bonds. The molecule has 1 unspecified atom stereocenters. The van der Waals surface area contributed by atoms with Gasteiger partial charge in [-0.1, -0.05) is 6.92 Å². The van der Waals surface area contributed by atoms with Crippen LogP contribution in [-0.4, -0.2) is 25.8 Å². The molecule has 1 fully saturated rings. The number of rotatable bonds is 1. The fourth-order valence-electron chi connectivity index (χ4n) is 0.882. The maximum absolute atomic E-state index is 5.36. The predicted octanol–water partition coefficient (Wildman–Crippen LogP) is 0.963. The average Bonchev–Trinajstić information content (AvgIpc) is 1.90. The van der Waals surface area contributed by atoms with Gasteiger partial charge in [-0.3, -0.25) is 0 Å². The van der Waals surface area contributed by atoms with E-state index in [9.17, 15) is 0 Å². The van der Waals surface area contributed by atoms with Crippen LogP contribution in [0.2, 0.25) is 0 Å². The van der Waals surface area contributed by atoms with Gasteiger partial charge in [0.1, 0.15) is 0 Å². The Morgan fingerprint density at radius 2 is 2.44 bits per heavy atom. The van der Waals surface area contributed by atoms with Crippen molar-refractivity contribution >= 4 is 17.0 Å². The van der Waals surface area contributed by atoms with Crippen molar-refractivity contribution in [1.82, 2.24) is 5.32 Å². The number of hydrogen-bond acceptors (Lipinski definition) is 2. The molecule has 1 N–H and O–H groups in total. The van der Waals surface area contributed by atoms with Crippen molar-refractivity contribution in [3.63, 3.8) is 0 Å². The van der Waals surface area contributed by atoms with Gasteiger partial charge in [-0.15, -0.1) is 17.0 Å². The Hall–Kier alpha value is 0.400. The van der Waals surface area contributed by atoms with Gasteiger partial charge in [-0.05, 0) is 6.42 Å². The van der Waals surface area contributed by atoms with E-state index in [-0.39, 0.29) is 17.0 Å². The third-order valence-electron chi connectivity index (χ3n) is 1.46. The van der Waals surface area contributed by atoms with Crippen LogP contribution in [0.25, 0.3) is 0 Å². The molecule has 1 atom stereocenters. The first-order valence-electron chi connectivity index (χ1n) is 3.26. The molecule has 0 aromatic rings. The highest BCUT2D eigenvalue weighted by Crippen LogP contribution is 1.98. The van der Waals surface area contributed by atoms with Crippen molar-refractivity contribution in [2.24, 2.45) is 0 Å². The Morgan fingerprint density at radius 3 is 2.78 bits per heavy atom. The quantitative estimate of drug-likeness (QED) is 0.674. The second-order valence-electron chi connectivity index (χ2n) is 2.11. The standard InChI is InChI=1S/C6H13NO.BrH/c1-2-6-5-7-3-4-8-6;/h6-7H,2-5H2,1H3;1H. The van der Waals surface area contributed by atoms with Gasteiger partial charge in [-0.25, -0.2) is 0 Å². The Kier molecular flexibility index (Phi) is 5.44. The fraction of sp³-hybridized carbons (Fsp3) is 1.00. The monoisotopic (exact) mass is 195 g/mol. The number of nitrogens with one attached hydrogen (secondary N) is 1. The summed E-state index contributed by atoms with van der Waals surface area (Å²) in [5.74, 6) is 0. The molecule has 1 heterocycles. The van der Waals surface area contributed by atoms with Crippen LogP contribution in [0.15, 0.2) is 0 Å². The Morgan fingerprint density at radius 1 is 1.67 bits per heavy atom. The second-order valence-corrected chi connectivity index (χ2v) is 2.11. The van der Waals surface area contributed by atoms with E-state index in [0.717, 1.165) is 26.1 Å². The lowest BCUT2D eigenvalue weighted by Gasteiger charge is -2.21. The van der Waals surface area contributed by atoms with Gasteiger partial charge < -0.3 is 10.1 Å². The number of morpholine rings is 1. The van der Waals surface area contributed by atoms with E-state index >= 15 is 0 Å². The zero-order chi connectivity index (χ0) is 5.82. The molecule has 0 bridgehead atoms. The minimum Gasteiger partial charge on any atom is -0.376 e. The number of ether oxygens (including phenoxy) is 1. The van der Waals surface area contributed by atoms with Crippen LogP contribution < -0.4 is 5.32 Å². The van der Waals surface area contributed by atoms with Crippen molar-refractivity contribution in [2.75, 3.05) is 19.7 Å². The lowest BCUT2D eigenvalue weighted by atomic mass is 10.2. The zero-order valence-corrected chi connectivity index (χ0v) is 7.44. The molecule has 1 rings (SSSR count). The molecule has 0 radical (unpaired) electrons. The second kappa shape index (κ2) is 5.21. The lowest BCUT2D eigenvalue weighted by molar-refractivity contribution is 0.0267. The highest BCUT2D eigenvalue weighted by molar-refractivity contribution is 8.93. The van der Waals surface area contributed by atoms with Gasteiger partial charge in [0.25, 0.3) is 0 Å². The molecule has 1 aliphatic heterocycles. The summed E-state index contributed by atoms with van der Waals surface area (Å²) >= 11 is 0. The topological polar surface area (TPSA) is 21.3 Å².